The molecule has 0 unspecified atom stereocenters. The Morgan fingerprint density at radius 2 is 2.18 bits per heavy atom. The minimum Gasteiger partial charge on any atom is -0.472 e. The minimum absolute atomic E-state index is 0.0299. The molecule has 1 amide bonds. The van der Waals surface area contributed by atoms with Gasteiger partial charge in [-0.2, -0.15) is 9.97 Å². The summed E-state index contributed by atoms with van der Waals surface area (Å²) in [6.07, 6.45) is 1.80. The van der Waals surface area contributed by atoms with Gasteiger partial charge in [0.25, 0.3) is 0 Å². The van der Waals surface area contributed by atoms with Crippen LogP contribution in [0.5, 0.6) is 5.88 Å². The van der Waals surface area contributed by atoms with E-state index in [0.717, 1.165) is 0 Å². The van der Waals surface area contributed by atoms with Crippen molar-refractivity contribution in [2.24, 2.45) is 0 Å². The Hall–Kier alpha value is -3.02. The molecule has 3 atom stereocenters. The van der Waals surface area contributed by atoms with Crippen molar-refractivity contribution in [3.8, 4) is 5.88 Å². The van der Waals surface area contributed by atoms with Crippen molar-refractivity contribution in [1.29, 1.82) is 0 Å². The molecule has 0 saturated carbocycles. The van der Waals surface area contributed by atoms with Gasteiger partial charge in [0.05, 0.1) is 19.0 Å². The number of nitrogens with one attached hydrogen (secondary N) is 1. The van der Waals surface area contributed by atoms with Gasteiger partial charge in [-0.25, -0.2) is 9.78 Å². The molecule has 1 fully saturated rings. The SMILES string of the molecule is C=CCOC(=O)Nc1nc(OCC=C)c2ncn([C@H]3C[C@H](O)[C@@H](CO)O3)c2n1. The monoisotopic (exact) mass is 391 g/mol. The number of nitrogens with zero attached hydrogens (tertiary/aromatic N) is 4. The lowest BCUT2D eigenvalue weighted by molar-refractivity contribution is -0.0432. The molecule has 2 aromatic rings. The zero-order valence-corrected chi connectivity index (χ0v) is 15.0. The molecule has 150 valence electrons. The Balaban J connectivity index is 1.95. The summed E-state index contributed by atoms with van der Waals surface area (Å²) in [6.45, 7) is 6.95. The average molecular weight is 391 g/mol. The third-order valence-electron chi connectivity index (χ3n) is 3.97. The van der Waals surface area contributed by atoms with Gasteiger partial charge in [0.15, 0.2) is 11.2 Å². The second-order valence-corrected chi connectivity index (χ2v) is 5.90. The first-order valence-electron chi connectivity index (χ1n) is 8.54. The molecular formula is C17H21N5O6. The van der Waals surface area contributed by atoms with Crippen LogP contribution in [-0.4, -0.2) is 67.9 Å². The van der Waals surface area contributed by atoms with Gasteiger partial charge < -0.3 is 24.4 Å². The standard InChI is InChI=1S/C17H21N5O6/c1-3-5-26-15-13-14(19-16(20-15)21-17(25)27-6-4-2)22(9-18-13)12-7-10(24)11(8-23)28-12/h3-4,9-12,23-24H,1-2,5-8H2,(H,19,20,21,25)/t10-,11+,12+/m0/s1. The molecule has 3 rings (SSSR count). The van der Waals surface area contributed by atoms with Crippen LogP contribution in [0.3, 0.4) is 0 Å². The van der Waals surface area contributed by atoms with Crippen molar-refractivity contribution in [2.75, 3.05) is 25.1 Å². The second kappa shape index (κ2) is 8.78. The van der Waals surface area contributed by atoms with E-state index in [2.05, 4.69) is 33.4 Å². The predicted molar refractivity (Wildman–Crippen MR) is 97.8 cm³/mol. The number of carbonyl (C=O) groups is 1. The molecule has 11 nitrogen and oxygen atoms in total. The van der Waals surface area contributed by atoms with Crippen molar-refractivity contribution in [1.82, 2.24) is 19.5 Å². The van der Waals surface area contributed by atoms with Gasteiger partial charge in [-0.3, -0.25) is 9.88 Å². The van der Waals surface area contributed by atoms with Crippen LogP contribution in [0.25, 0.3) is 11.2 Å². The molecular weight excluding hydrogens is 370 g/mol. The van der Waals surface area contributed by atoms with Gasteiger partial charge in [-0.05, 0) is 0 Å². The Morgan fingerprint density at radius 1 is 1.39 bits per heavy atom. The van der Waals surface area contributed by atoms with Crippen molar-refractivity contribution in [3.05, 3.63) is 31.6 Å². The number of aromatic nitrogens is 4. The number of ether oxygens (including phenoxy) is 3. The van der Waals surface area contributed by atoms with Crippen LogP contribution in [-0.2, 0) is 9.47 Å². The average Bonchev–Trinajstić information content (AvgIpc) is 3.27. The maximum atomic E-state index is 11.8. The number of anilines is 1. The van der Waals surface area contributed by atoms with Gasteiger partial charge in [0, 0.05) is 6.42 Å². The highest BCUT2D eigenvalue weighted by molar-refractivity contribution is 5.85. The number of aliphatic hydroxyl groups excluding tert-OH is 2. The van der Waals surface area contributed by atoms with Gasteiger partial charge in [-0.15, -0.1) is 0 Å². The highest BCUT2D eigenvalue weighted by Crippen LogP contribution is 2.32. The fourth-order valence-corrected chi connectivity index (χ4v) is 2.71. The van der Waals surface area contributed by atoms with Crippen LogP contribution < -0.4 is 10.1 Å². The normalized spacial score (nSPS) is 21.4. The Bertz CT molecular complexity index is 869. The van der Waals surface area contributed by atoms with Crippen LogP contribution >= 0.6 is 0 Å². The van der Waals surface area contributed by atoms with Crippen molar-refractivity contribution >= 4 is 23.2 Å². The molecule has 0 aliphatic carbocycles. The Morgan fingerprint density at radius 3 is 2.86 bits per heavy atom. The predicted octanol–water partition coefficient (Wildman–Crippen LogP) is 0.766. The van der Waals surface area contributed by atoms with E-state index >= 15 is 0 Å². The first kappa shape index (κ1) is 19.7. The lowest BCUT2D eigenvalue weighted by atomic mass is 10.2. The summed E-state index contributed by atoms with van der Waals surface area (Å²) in [4.78, 5) is 24.5. The fourth-order valence-electron chi connectivity index (χ4n) is 2.71. The summed E-state index contributed by atoms with van der Waals surface area (Å²) in [6, 6.07) is 0. The largest absolute Gasteiger partial charge is 0.472 e. The van der Waals surface area contributed by atoms with Crippen molar-refractivity contribution in [3.63, 3.8) is 0 Å². The maximum absolute atomic E-state index is 11.8. The fraction of sp³-hybridized carbons (Fsp3) is 0.412. The first-order chi connectivity index (χ1) is 13.6. The highest BCUT2D eigenvalue weighted by atomic mass is 16.6. The van der Waals surface area contributed by atoms with Gasteiger partial charge in [0.2, 0.25) is 11.8 Å². The lowest BCUT2D eigenvalue weighted by Gasteiger charge is -2.14. The summed E-state index contributed by atoms with van der Waals surface area (Å²) in [7, 11) is 0. The van der Waals surface area contributed by atoms with Gasteiger partial charge >= 0.3 is 6.09 Å². The first-order valence-corrected chi connectivity index (χ1v) is 8.54. The van der Waals surface area contributed by atoms with Crippen LogP contribution in [0.15, 0.2) is 31.6 Å². The summed E-state index contributed by atoms with van der Waals surface area (Å²) in [5.74, 6) is 0.0829. The second-order valence-electron chi connectivity index (χ2n) is 5.90. The van der Waals surface area contributed by atoms with Gasteiger partial charge in [0.1, 0.15) is 25.5 Å². The van der Waals surface area contributed by atoms with Gasteiger partial charge in [-0.1, -0.05) is 25.3 Å². The van der Waals surface area contributed by atoms with E-state index in [1.165, 1.54) is 12.4 Å². The molecule has 0 radical (unpaired) electrons. The number of imidazole rings is 1. The summed E-state index contributed by atoms with van der Waals surface area (Å²) in [5, 5.41) is 21.7. The molecule has 2 aromatic heterocycles. The third-order valence-corrected chi connectivity index (χ3v) is 3.97. The van der Waals surface area contributed by atoms with E-state index < -0.39 is 24.5 Å². The lowest BCUT2D eigenvalue weighted by Crippen LogP contribution is -2.24. The Kier molecular flexibility index (Phi) is 6.19. The van der Waals surface area contributed by atoms with Crippen LogP contribution in [0, 0.1) is 0 Å². The summed E-state index contributed by atoms with van der Waals surface area (Å²) >= 11 is 0. The third kappa shape index (κ3) is 4.11. The molecule has 11 heteroatoms. The zero-order chi connectivity index (χ0) is 20.1. The maximum Gasteiger partial charge on any atom is 0.414 e. The molecule has 3 heterocycles. The number of hydrogen-bond acceptors (Lipinski definition) is 9. The molecule has 0 bridgehead atoms. The van der Waals surface area contributed by atoms with E-state index in [4.69, 9.17) is 14.2 Å². The van der Waals surface area contributed by atoms with Crippen molar-refractivity contribution < 1.29 is 29.2 Å². The number of aliphatic hydroxyl groups is 2. The molecule has 0 aromatic carbocycles. The summed E-state index contributed by atoms with van der Waals surface area (Å²) < 4.78 is 17.6. The number of amides is 1. The van der Waals surface area contributed by atoms with E-state index in [1.54, 1.807) is 10.6 Å². The van der Waals surface area contributed by atoms with Crippen molar-refractivity contribution in [2.45, 2.75) is 24.9 Å². The number of fused-ring (bicyclic) bond motifs is 1. The quantitative estimate of drug-likeness (QED) is 0.556. The van der Waals surface area contributed by atoms with E-state index in [0.29, 0.717) is 11.2 Å². The van der Waals surface area contributed by atoms with Crippen LogP contribution in [0.2, 0.25) is 0 Å². The van der Waals surface area contributed by atoms with E-state index in [-0.39, 0.29) is 38.1 Å². The van der Waals surface area contributed by atoms with Crippen LogP contribution in [0.1, 0.15) is 12.6 Å². The smallest absolute Gasteiger partial charge is 0.414 e. The van der Waals surface area contributed by atoms with E-state index in [9.17, 15) is 15.0 Å². The highest BCUT2D eigenvalue weighted by Gasteiger charge is 2.35. The number of rotatable bonds is 8. The molecule has 0 spiro atoms. The number of carbonyl (C=O) groups excluding carboxylic acids is 1. The molecule has 3 N–H and O–H groups in total. The Labute approximate surface area is 160 Å². The topological polar surface area (TPSA) is 141 Å². The molecule has 1 saturated heterocycles. The minimum atomic E-state index is -0.822. The number of hydrogen-bond donors (Lipinski definition) is 3. The molecule has 1 aliphatic heterocycles. The molecule has 1 aliphatic rings. The van der Waals surface area contributed by atoms with Crippen LogP contribution in [0.4, 0.5) is 10.7 Å². The van der Waals surface area contributed by atoms with E-state index in [1.807, 2.05) is 0 Å². The zero-order valence-electron chi connectivity index (χ0n) is 15.0. The molecule has 28 heavy (non-hydrogen) atoms. The summed E-state index contributed by atoms with van der Waals surface area (Å²) in [5.41, 5.74) is 0.668.